The molecule has 2 unspecified atom stereocenters. The predicted molar refractivity (Wildman–Crippen MR) is 67.7 cm³/mol. The lowest BCUT2D eigenvalue weighted by Crippen LogP contribution is -2.28. The minimum atomic E-state index is -0.0942. The molecule has 0 saturated heterocycles. The van der Waals surface area contributed by atoms with Crippen molar-refractivity contribution in [2.75, 3.05) is 19.8 Å². The van der Waals surface area contributed by atoms with Crippen molar-refractivity contribution in [1.29, 1.82) is 0 Å². The normalized spacial score (nSPS) is 14.5. The van der Waals surface area contributed by atoms with Gasteiger partial charge in [0.25, 0.3) is 0 Å². The van der Waals surface area contributed by atoms with E-state index < -0.39 is 0 Å². The van der Waals surface area contributed by atoms with Crippen LogP contribution in [-0.4, -0.2) is 30.8 Å². The molecule has 2 atom stereocenters. The zero-order valence-electron chi connectivity index (χ0n) is 10.6. The summed E-state index contributed by atoms with van der Waals surface area (Å²) in [6, 6.07) is 3.81. The highest BCUT2D eigenvalue weighted by atomic mass is 16.5. The van der Waals surface area contributed by atoms with Gasteiger partial charge in [0.05, 0.1) is 19.3 Å². The molecule has 0 spiro atoms. The van der Waals surface area contributed by atoms with Crippen LogP contribution in [0.2, 0.25) is 0 Å². The summed E-state index contributed by atoms with van der Waals surface area (Å²) in [7, 11) is 0. The Kier molecular flexibility index (Phi) is 6.77. The molecule has 4 heteroatoms. The smallest absolute Gasteiger partial charge is 0.0975 e. The Bertz CT molecular complexity index is 291. The number of nitrogens with two attached hydrogens (primary N) is 1. The Morgan fingerprint density at radius 1 is 1.24 bits per heavy atom. The van der Waals surface area contributed by atoms with Gasteiger partial charge in [-0.05, 0) is 31.0 Å². The average molecular weight is 238 g/mol. The van der Waals surface area contributed by atoms with E-state index in [0.717, 1.165) is 18.6 Å². The second-order valence-corrected chi connectivity index (χ2v) is 4.04. The molecule has 0 aromatic carbocycles. The first-order valence-electron chi connectivity index (χ1n) is 6.10. The Hall–Kier alpha value is -0.970. The highest BCUT2D eigenvalue weighted by Crippen LogP contribution is 2.19. The van der Waals surface area contributed by atoms with E-state index in [1.54, 1.807) is 12.4 Å². The first-order valence-corrected chi connectivity index (χ1v) is 6.10. The highest BCUT2D eigenvalue weighted by Gasteiger charge is 2.16. The fraction of sp³-hybridized carbons (Fsp3) is 0.615. The third kappa shape index (κ3) is 5.26. The van der Waals surface area contributed by atoms with Crippen molar-refractivity contribution in [3.63, 3.8) is 0 Å². The summed E-state index contributed by atoms with van der Waals surface area (Å²) in [5.74, 6) is 0. The van der Waals surface area contributed by atoms with Crippen LogP contribution in [0.25, 0.3) is 0 Å². The minimum Gasteiger partial charge on any atom is -0.379 e. The molecule has 17 heavy (non-hydrogen) atoms. The van der Waals surface area contributed by atoms with E-state index in [2.05, 4.69) is 11.9 Å². The second-order valence-electron chi connectivity index (χ2n) is 4.04. The molecule has 0 aliphatic heterocycles. The predicted octanol–water partition coefficient (Wildman–Crippen LogP) is 1.91. The molecule has 4 nitrogen and oxygen atoms in total. The third-order valence-corrected chi connectivity index (χ3v) is 2.39. The first kappa shape index (κ1) is 14.1. The molecule has 1 aromatic rings. The first-order chi connectivity index (χ1) is 8.25. The van der Waals surface area contributed by atoms with Gasteiger partial charge in [-0.15, -0.1) is 0 Å². The van der Waals surface area contributed by atoms with E-state index in [9.17, 15) is 0 Å². The number of aromatic nitrogens is 1. The van der Waals surface area contributed by atoms with Gasteiger partial charge in [0.15, 0.2) is 0 Å². The van der Waals surface area contributed by atoms with E-state index in [1.165, 1.54) is 0 Å². The van der Waals surface area contributed by atoms with E-state index >= 15 is 0 Å². The SMILES string of the molecule is CCCOCCOC(c1ccncc1)C(C)N. The quantitative estimate of drug-likeness (QED) is 0.703. The van der Waals surface area contributed by atoms with Crippen molar-refractivity contribution in [1.82, 2.24) is 4.98 Å². The molecule has 0 radical (unpaired) electrons. The fourth-order valence-corrected chi connectivity index (χ4v) is 1.59. The van der Waals surface area contributed by atoms with Gasteiger partial charge in [-0.25, -0.2) is 0 Å². The van der Waals surface area contributed by atoms with Crippen LogP contribution in [0.15, 0.2) is 24.5 Å². The number of rotatable bonds is 8. The largest absolute Gasteiger partial charge is 0.379 e. The lowest BCUT2D eigenvalue weighted by molar-refractivity contribution is -0.00474. The van der Waals surface area contributed by atoms with Gasteiger partial charge in [0.1, 0.15) is 0 Å². The van der Waals surface area contributed by atoms with Crippen LogP contribution in [0.4, 0.5) is 0 Å². The van der Waals surface area contributed by atoms with E-state index in [-0.39, 0.29) is 12.1 Å². The summed E-state index contributed by atoms with van der Waals surface area (Å²) in [5, 5.41) is 0. The molecule has 0 fully saturated rings. The molecule has 1 heterocycles. The Morgan fingerprint density at radius 3 is 2.53 bits per heavy atom. The number of hydrogen-bond donors (Lipinski definition) is 1. The molecule has 0 saturated carbocycles. The Labute approximate surface area is 103 Å². The Balaban J connectivity index is 2.40. The summed E-state index contributed by atoms with van der Waals surface area (Å²) in [6.45, 7) is 5.98. The van der Waals surface area contributed by atoms with Crippen molar-refractivity contribution in [2.45, 2.75) is 32.4 Å². The number of ether oxygens (including phenoxy) is 2. The topological polar surface area (TPSA) is 57.4 Å². The van der Waals surface area contributed by atoms with Crippen molar-refractivity contribution in [3.8, 4) is 0 Å². The van der Waals surface area contributed by atoms with Gasteiger partial charge in [0.2, 0.25) is 0 Å². The van der Waals surface area contributed by atoms with Crippen molar-refractivity contribution in [3.05, 3.63) is 30.1 Å². The fourth-order valence-electron chi connectivity index (χ4n) is 1.59. The van der Waals surface area contributed by atoms with E-state index in [1.807, 2.05) is 19.1 Å². The van der Waals surface area contributed by atoms with Crippen LogP contribution >= 0.6 is 0 Å². The molecule has 1 rings (SSSR count). The number of nitrogens with zero attached hydrogens (tertiary/aromatic N) is 1. The number of pyridine rings is 1. The molecule has 0 aliphatic carbocycles. The summed E-state index contributed by atoms with van der Waals surface area (Å²) < 4.78 is 11.1. The molecular formula is C13H22N2O2. The number of hydrogen-bond acceptors (Lipinski definition) is 4. The monoisotopic (exact) mass is 238 g/mol. The van der Waals surface area contributed by atoms with Gasteiger partial charge in [0, 0.05) is 25.0 Å². The van der Waals surface area contributed by atoms with Crippen LogP contribution in [0.5, 0.6) is 0 Å². The Morgan fingerprint density at radius 2 is 1.94 bits per heavy atom. The molecule has 2 N–H and O–H groups in total. The van der Waals surface area contributed by atoms with Crippen LogP contribution in [0.1, 0.15) is 31.9 Å². The summed E-state index contributed by atoms with van der Waals surface area (Å²) >= 11 is 0. The summed E-state index contributed by atoms with van der Waals surface area (Å²) in [5.41, 5.74) is 6.98. The molecular weight excluding hydrogens is 216 g/mol. The van der Waals surface area contributed by atoms with Crippen molar-refractivity contribution < 1.29 is 9.47 Å². The maximum Gasteiger partial charge on any atom is 0.0975 e. The molecule has 0 aliphatic rings. The maximum atomic E-state index is 5.92. The van der Waals surface area contributed by atoms with Gasteiger partial charge in [-0.1, -0.05) is 6.92 Å². The molecule has 0 amide bonds. The lowest BCUT2D eigenvalue weighted by Gasteiger charge is -2.21. The lowest BCUT2D eigenvalue weighted by atomic mass is 10.1. The van der Waals surface area contributed by atoms with Crippen molar-refractivity contribution >= 4 is 0 Å². The van der Waals surface area contributed by atoms with Gasteiger partial charge in [-0.3, -0.25) is 4.98 Å². The summed E-state index contributed by atoms with van der Waals surface area (Å²) in [4.78, 5) is 3.99. The van der Waals surface area contributed by atoms with Gasteiger partial charge in [-0.2, -0.15) is 0 Å². The van der Waals surface area contributed by atoms with Crippen LogP contribution < -0.4 is 5.73 Å². The third-order valence-electron chi connectivity index (χ3n) is 2.39. The van der Waals surface area contributed by atoms with E-state index in [0.29, 0.717) is 13.2 Å². The standard InChI is InChI=1S/C13H22N2O2/c1-3-8-16-9-10-17-13(11(2)14)12-4-6-15-7-5-12/h4-7,11,13H,3,8-10,14H2,1-2H3. The van der Waals surface area contributed by atoms with E-state index in [4.69, 9.17) is 15.2 Å². The van der Waals surface area contributed by atoms with Crippen LogP contribution in [0, 0.1) is 0 Å². The second kappa shape index (κ2) is 8.17. The minimum absolute atomic E-state index is 0.0522. The maximum absolute atomic E-state index is 5.92. The summed E-state index contributed by atoms with van der Waals surface area (Å²) in [6.07, 6.45) is 4.44. The molecule has 96 valence electrons. The molecule has 0 bridgehead atoms. The zero-order valence-corrected chi connectivity index (χ0v) is 10.6. The van der Waals surface area contributed by atoms with Gasteiger partial charge < -0.3 is 15.2 Å². The van der Waals surface area contributed by atoms with Crippen LogP contribution in [0.3, 0.4) is 0 Å². The van der Waals surface area contributed by atoms with Crippen LogP contribution in [-0.2, 0) is 9.47 Å². The van der Waals surface area contributed by atoms with Gasteiger partial charge >= 0.3 is 0 Å². The highest BCUT2D eigenvalue weighted by molar-refractivity contribution is 5.14. The zero-order chi connectivity index (χ0) is 12.5. The van der Waals surface area contributed by atoms with Crippen molar-refractivity contribution in [2.24, 2.45) is 5.73 Å². The average Bonchev–Trinajstić information content (AvgIpc) is 2.34. The molecule has 1 aromatic heterocycles.